The summed E-state index contributed by atoms with van der Waals surface area (Å²) < 4.78 is 0. The Hall–Kier alpha value is -2.10. The Kier molecular flexibility index (Phi) is 7.71. The molecule has 0 unspecified atom stereocenters. The number of anilines is 1. The Morgan fingerprint density at radius 1 is 1.20 bits per heavy atom. The Morgan fingerprint density at radius 2 is 2.00 bits per heavy atom. The Balaban J connectivity index is 1.83. The SMILES string of the molecule is CCc1ccccc1N(CCC(=O)NCCC1=CCCCC1)C(C)=O. The first-order valence-electron chi connectivity index (χ1n) is 9.42. The number of hydrogen-bond donors (Lipinski definition) is 1. The minimum Gasteiger partial charge on any atom is -0.356 e. The smallest absolute Gasteiger partial charge is 0.223 e. The molecule has 0 atom stereocenters. The zero-order chi connectivity index (χ0) is 18.1. The second-order valence-electron chi connectivity index (χ2n) is 6.61. The van der Waals surface area contributed by atoms with Crippen LogP contribution in [-0.4, -0.2) is 24.9 Å². The monoisotopic (exact) mass is 342 g/mol. The second-order valence-corrected chi connectivity index (χ2v) is 6.61. The molecule has 1 aliphatic rings. The molecule has 1 N–H and O–H groups in total. The van der Waals surface area contributed by atoms with E-state index in [-0.39, 0.29) is 11.8 Å². The van der Waals surface area contributed by atoms with E-state index < -0.39 is 0 Å². The van der Waals surface area contributed by atoms with E-state index in [9.17, 15) is 9.59 Å². The van der Waals surface area contributed by atoms with Crippen molar-refractivity contribution < 1.29 is 9.59 Å². The van der Waals surface area contributed by atoms with Crippen LogP contribution in [0.15, 0.2) is 35.9 Å². The average Bonchev–Trinajstić information content (AvgIpc) is 2.63. The van der Waals surface area contributed by atoms with E-state index in [1.165, 1.54) is 31.3 Å². The van der Waals surface area contributed by atoms with Gasteiger partial charge in [0, 0.05) is 32.1 Å². The third-order valence-corrected chi connectivity index (χ3v) is 4.76. The lowest BCUT2D eigenvalue weighted by molar-refractivity contribution is -0.121. The molecule has 0 aromatic heterocycles. The number of hydrogen-bond acceptors (Lipinski definition) is 2. The van der Waals surface area contributed by atoms with Crippen molar-refractivity contribution in [2.75, 3.05) is 18.0 Å². The van der Waals surface area contributed by atoms with E-state index in [1.54, 1.807) is 11.8 Å². The minimum absolute atomic E-state index is 0.0108. The van der Waals surface area contributed by atoms with E-state index in [2.05, 4.69) is 18.3 Å². The summed E-state index contributed by atoms with van der Waals surface area (Å²) in [5.74, 6) is -0.0160. The molecule has 25 heavy (non-hydrogen) atoms. The van der Waals surface area contributed by atoms with Crippen LogP contribution in [0.25, 0.3) is 0 Å². The molecule has 0 spiro atoms. The molecule has 2 amide bonds. The molecular weight excluding hydrogens is 312 g/mol. The summed E-state index contributed by atoms with van der Waals surface area (Å²) in [6.45, 7) is 4.74. The average molecular weight is 342 g/mol. The number of nitrogens with zero attached hydrogens (tertiary/aromatic N) is 1. The molecule has 0 saturated carbocycles. The fraction of sp³-hybridized carbons (Fsp3) is 0.524. The largest absolute Gasteiger partial charge is 0.356 e. The molecule has 136 valence electrons. The quantitative estimate of drug-likeness (QED) is 0.726. The van der Waals surface area contributed by atoms with Gasteiger partial charge in [-0.25, -0.2) is 0 Å². The number of carbonyl (C=O) groups is 2. The second kappa shape index (κ2) is 10.0. The van der Waals surface area contributed by atoms with Gasteiger partial charge in [0.05, 0.1) is 0 Å². The number of carbonyl (C=O) groups excluding carboxylic acids is 2. The lowest BCUT2D eigenvalue weighted by Gasteiger charge is -2.23. The molecule has 0 aliphatic heterocycles. The predicted molar refractivity (Wildman–Crippen MR) is 103 cm³/mol. The first-order valence-corrected chi connectivity index (χ1v) is 9.42. The molecule has 0 heterocycles. The van der Waals surface area contributed by atoms with Crippen LogP contribution in [0.2, 0.25) is 0 Å². The number of allylic oxidation sites excluding steroid dienone is 1. The van der Waals surface area contributed by atoms with Crippen molar-refractivity contribution in [2.45, 2.75) is 58.8 Å². The summed E-state index contributed by atoms with van der Waals surface area (Å²) >= 11 is 0. The fourth-order valence-electron chi connectivity index (χ4n) is 3.32. The molecule has 4 heteroatoms. The van der Waals surface area contributed by atoms with Crippen molar-refractivity contribution in [3.63, 3.8) is 0 Å². The number of rotatable bonds is 8. The van der Waals surface area contributed by atoms with Crippen molar-refractivity contribution >= 4 is 17.5 Å². The third-order valence-electron chi connectivity index (χ3n) is 4.76. The highest BCUT2D eigenvalue weighted by molar-refractivity contribution is 5.93. The fourth-order valence-corrected chi connectivity index (χ4v) is 3.32. The summed E-state index contributed by atoms with van der Waals surface area (Å²) in [6.07, 6.45) is 9.35. The van der Waals surface area contributed by atoms with Crippen LogP contribution < -0.4 is 10.2 Å². The van der Waals surface area contributed by atoms with Gasteiger partial charge < -0.3 is 10.2 Å². The van der Waals surface area contributed by atoms with Crippen LogP contribution in [-0.2, 0) is 16.0 Å². The molecule has 1 aromatic rings. The van der Waals surface area contributed by atoms with Crippen LogP contribution in [0.5, 0.6) is 0 Å². The minimum atomic E-state index is -0.0268. The lowest BCUT2D eigenvalue weighted by Crippen LogP contribution is -2.34. The third kappa shape index (κ3) is 6.04. The molecule has 2 rings (SSSR count). The van der Waals surface area contributed by atoms with Gasteiger partial charge in [-0.3, -0.25) is 9.59 Å². The predicted octanol–water partition coefficient (Wildman–Crippen LogP) is 4.00. The summed E-state index contributed by atoms with van der Waals surface area (Å²) in [6, 6.07) is 7.90. The molecule has 1 aliphatic carbocycles. The molecular formula is C21H30N2O2. The van der Waals surface area contributed by atoms with E-state index in [1.807, 2.05) is 24.3 Å². The van der Waals surface area contributed by atoms with Crippen molar-refractivity contribution in [1.82, 2.24) is 5.32 Å². The lowest BCUT2D eigenvalue weighted by atomic mass is 9.97. The summed E-state index contributed by atoms with van der Waals surface area (Å²) in [4.78, 5) is 25.9. The van der Waals surface area contributed by atoms with Gasteiger partial charge in [0.25, 0.3) is 0 Å². The van der Waals surface area contributed by atoms with Gasteiger partial charge in [-0.15, -0.1) is 0 Å². The normalized spacial score (nSPS) is 13.9. The number of amides is 2. The molecule has 4 nitrogen and oxygen atoms in total. The molecule has 1 aromatic carbocycles. The van der Waals surface area contributed by atoms with Crippen LogP contribution in [0, 0.1) is 0 Å². The number of benzene rings is 1. The van der Waals surface area contributed by atoms with E-state index in [4.69, 9.17) is 0 Å². The highest BCUT2D eigenvalue weighted by Crippen LogP contribution is 2.21. The van der Waals surface area contributed by atoms with Gasteiger partial charge in [-0.05, 0) is 50.2 Å². The Labute approximate surface area is 151 Å². The van der Waals surface area contributed by atoms with Gasteiger partial charge >= 0.3 is 0 Å². The molecule has 0 radical (unpaired) electrons. The van der Waals surface area contributed by atoms with Gasteiger partial charge in [-0.1, -0.05) is 36.8 Å². The maximum absolute atomic E-state index is 12.1. The van der Waals surface area contributed by atoms with Crippen molar-refractivity contribution in [1.29, 1.82) is 0 Å². The Morgan fingerprint density at radius 3 is 2.68 bits per heavy atom. The van der Waals surface area contributed by atoms with Crippen LogP contribution in [0.3, 0.4) is 0 Å². The van der Waals surface area contributed by atoms with Crippen molar-refractivity contribution in [2.24, 2.45) is 0 Å². The summed E-state index contributed by atoms with van der Waals surface area (Å²) in [5.41, 5.74) is 3.51. The van der Waals surface area contributed by atoms with Crippen LogP contribution in [0.1, 0.15) is 57.9 Å². The zero-order valence-electron chi connectivity index (χ0n) is 15.5. The number of nitrogens with one attached hydrogen (secondary N) is 1. The summed E-state index contributed by atoms with van der Waals surface area (Å²) in [7, 11) is 0. The van der Waals surface area contributed by atoms with E-state index >= 15 is 0 Å². The zero-order valence-corrected chi connectivity index (χ0v) is 15.5. The topological polar surface area (TPSA) is 49.4 Å². The van der Waals surface area contributed by atoms with Gasteiger partial charge in [0.2, 0.25) is 11.8 Å². The maximum atomic E-state index is 12.1. The van der Waals surface area contributed by atoms with Crippen LogP contribution >= 0.6 is 0 Å². The van der Waals surface area contributed by atoms with Gasteiger partial charge in [0.15, 0.2) is 0 Å². The maximum Gasteiger partial charge on any atom is 0.223 e. The highest BCUT2D eigenvalue weighted by Gasteiger charge is 2.15. The van der Waals surface area contributed by atoms with Crippen LogP contribution in [0.4, 0.5) is 5.69 Å². The van der Waals surface area contributed by atoms with E-state index in [0.717, 1.165) is 24.1 Å². The molecule has 0 saturated heterocycles. The number of aryl methyl sites for hydroxylation is 1. The van der Waals surface area contributed by atoms with E-state index in [0.29, 0.717) is 19.5 Å². The first kappa shape index (κ1) is 19.2. The Bertz CT molecular complexity index is 622. The number of para-hydroxylation sites is 1. The van der Waals surface area contributed by atoms with Crippen molar-refractivity contribution in [3.05, 3.63) is 41.5 Å². The van der Waals surface area contributed by atoms with Gasteiger partial charge in [0.1, 0.15) is 0 Å². The standard InChI is InChI=1S/C21H30N2O2/c1-3-19-11-7-8-12-20(19)23(17(2)24)16-14-21(25)22-15-13-18-9-5-4-6-10-18/h7-9,11-12H,3-6,10,13-16H2,1-2H3,(H,22,25). The van der Waals surface area contributed by atoms with Gasteiger partial charge in [-0.2, -0.15) is 0 Å². The summed E-state index contributed by atoms with van der Waals surface area (Å²) in [5, 5.41) is 2.99. The first-order chi connectivity index (χ1) is 12.1. The highest BCUT2D eigenvalue weighted by atomic mass is 16.2. The molecule has 0 bridgehead atoms. The van der Waals surface area contributed by atoms with Crippen molar-refractivity contribution in [3.8, 4) is 0 Å². The molecule has 0 fully saturated rings.